The lowest BCUT2D eigenvalue weighted by Crippen LogP contribution is -2.46. The maximum atomic E-state index is 12.7. The summed E-state index contributed by atoms with van der Waals surface area (Å²) in [6.45, 7) is 0.306. The molecule has 3 amide bonds. The van der Waals surface area contributed by atoms with Crippen LogP contribution < -0.4 is 16.1 Å². The van der Waals surface area contributed by atoms with E-state index in [1.807, 2.05) is 30.3 Å². The van der Waals surface area contributed by atoms with Gasteiger partial charge in [0.25, 0.3) is 11.6 Å². The monoisotopic (exact) mass is 442 g/mol. The van der Waals surface area contributed by atoms with Crippen molar-refractivity contribution in [3.8, 4) is 0 Å². The zero-order chi connectivity index (χ0) is 23.3. The summed E-state index contributed by atoms with van der Waals surface area (Å²) in [7, 11) is 0. The summed E-state index contributed by atoms with van der Waals surface area (Å²) < 4.78 is 0. The second-order valence-corrected chi connectivity index (χ2v) is 7.17. The van der Waals surface area contributed by atoms with E-state index in [1.54, 1.807) is 5.48 Å². The fourth-order valence-electron chi connectivity index (χ4n) is 3.02. The van der Waals surface area contributed by atoms with Gasteiger partial charge in [-0.05, 0) is 30.5 Å². The number of rotatable bonds is 12. The van der Waals surface area contributed by atoms with E-state index in [0.29, 0.717) is 32.2 Å². The number of carbonyl (C=O) groups excluding carboxylic acids is 3. The number of hydrogen-bond donors (Lipinski definition) is 4. The number of benzene rings is 2. The van der Waals surface area contributed by atoms with Crippen LogP contribution in [0.2, 0.25) is 0 Å². The molecule has 0 fully saturated rings. The van der Waals surface area contributed by atoms with Crippen molar-refractivity contribution in [3.63, 3.8) is 0 Å². The highest BCUT2D eigenvalue weighted by Crippen LogP contribution is 2.13. The Morgan fingerprint density at radius 3 is 2.28 bits per heavy atom. The molecule has 2 rings (SSSR count). The van der Waals surface area contributed by atoms with Gasteiger partial charge in [-0.1, -0.05) is 43.2 Å². The minimum atomic E-state index is -0.812. The summed E-state index contributed by atoms with van der Waals surface area (Å²) in [6, 6.07) is 13.6. The lowest BCUT2D eigenvalue weighted by atomic mass is 10.0. The summed E-state index contributed by atoms with van der Waals surface area (Å²) >= 11 is 0. The van der Waals surface area contributed by atoms with Crippen molar-refractivity contribution in [1.82, 2.24) is 16.1 Å². The molecule has 170 valence electrons. The second-order valence-electron chi connectivity index (χ2n) is 7.17. The molecule has 0 saturated heterocycles. The molecule has 0 spiro atoms. The number of nitro groups is 1. The summed E-state index contributed by atoms with van der Waals surface area (Å²) in [6.07, 6.45) is 2.24. The van der Waals surface area contributed by atoms with Crippen LogP contribution in [-0.4, -0.2) is 33.9 Å². The number of carbonyl (C=O) groups is 3. The number of nitro benzene ring substituents is 1. The van der Waals surface area contributed by atoms with Gasteiger partial charge in [-0.3, -0.25) is 29.7 Å². The largest absolute Gasteiger partial charge is 0.350 e. The Morgan fingerprint density at radius 1 is 0.969 bits per heavy atom. The van der Waals surface area contributed by atoms with Crippen molar-refractivity contribution in [1.29, 1.82) is 0 Å². The first-order valence-corrected chi connectivity index (χ1v) is 10.2. The number of hydrogen-bond acceptors (Lipinski definition) is 6. The molecule has 0 aliphatic heterocycles. The Hall–Kier alpha value is -3.79. The maximum Gasteiger partial charge on any atom is 0.269 e. The van der Waals surface area contributed by atoms with Gasteiger partial charge in [0, 0.05) is 30.7 Å². The van der Waals surface area contributed by atoms with Gasteiger partial charge in [-0.25, -0.2) is 5.48 Å². The van der Waals surface area contributed by atoms with E-state index >= 15 is 0 Å². The standard InChI is InChI=1S/C22H26N4O6/c27-20(25-30)10-6-2-5-9-19(22(29)23-15-16-7-3-1-4-8-16)24-21(28)17-11-13-18(14-12-17)26(31)32/h1,3-4,7-8,11-14,19,30H,2,5-6,9-10,15H2,(H,23,29)(H,24,28)(H,25,27). The Balaban J connectivity index is 1.97. The van der Waals surface area contributed by atoms with Crippen LogP contribution >= 0.6 is 0 Å². The smallest absolute Gasteiger partial charge is 0.269 e. The molecule has 0 bridgehead atoms. The van der Waals surface area contributed by atoms with Crippen molar-refractivity contribution >= 4 is 23.4 Å². The molecule has 4 N–H and O–H groups in total. The van der Waals surface area contributed by atoms with Gasteiger partial charge < -0.3 is 10.6 Å². The normalized spacial score (nSPS) is 11.3. The molecule has 10 nitrogen and oxygen atoms in total. The minimum absolute atomic E-state index is 0.134. The Labute approximate surface area is 185 Å². The highest BCUT2D eigenvalue weighted by molar-refractivity contribution is 5.97. The van der Waals surface area contributed by atoms with Crippen LogP contribution in [0.5, 0.6) is 0 Å². The summed E-state index contributed by atoms with van der Waals surface area (Å²) in [4.78, 5) is 46.6. The van der Waals surface area contributed by atoms with Gasteiger partial charge in [0.15, 0.2) is 0 Å². The third-order valence-corrected chi connectivity index (χ3v) is 4.79. The van der Waals surface area contributed by atoms with Crippen molar-refractivity contribution in [2.24, 2.45) is 0 Å². The molecule has 0 aliphatic rings. The topological polar surface area (TPSA) is 151 Å². The van der Waals surface area contributed by atoms with Crippen molar-refractivity contribution in [2.45, 2.75) is 44.7 Å². The predicted octanol–water partition coefficient (Wildman–Crippen LogP) is 2.47. The molecule has 0 heterocycles. The van der Waals surface area contributed by atoms with E-state index in [2.05, 4.69) is 10.6 Å². The first-order chi connectivity index (χ1) is 15.4. The van der Waals surface area contributed by atoms with E-state index in [1.165, 1.54) is 24.3 Å². The van der Waals surface area contributed by atoms with Crippen molar-refractivity contribution in [3.05, 3.63) is 75.8 Å². The number of non-ortho nitro benzene ring substituents is 1. The summed E-state index contributed by atoms with van der Waals surface area (Å²) in [5.41, 5.74) is 2.55. The Bertz CT molecular complexity index is 918. The second kappa shape index (κ2) is 12.8. The quantitative estimate of drug-likeness (QED) is 0.172. The molecule has 2 aromatic carbocycles. The van der Waals surface area contributed by atoms with E-state index in [9.17, 15) is 24.5 Å². The van der Waals surface area contributed by atoms with Crippen LogP contribution in [0.1, 0.15) is 48.0 Å². The molecule has 1 atom stereocenters. The van der Waals surface area contributed by atoms with Crippen molar-refractivity contribution < 1.29 is 24.5 Å². The molecule has 0 radical (unpaired) electrons. The van der Waals surface area contributed by atoms with Crippen LogP contribution in [0.15, 0.2) is 54.6 Å². The molecule has 0 aliphatic carbocycles. The van der Waals surface area contributed by atoms with Crippen LogP contribution in [0, 0.1) is 10.1 Å². The average Bonchev–Trinajstić information content (AvgIpc) is 2.81. The number of nitrogens with one attached hydrogen (secondary N) is 3. The maximum absolute atomic E-state index is 12.7. The van der Waals surface area contributed by atoms with E-state index < -0.39 is 22.8 Å². The van der Waals surface area contributed by atoms with Crippen LogP contribution in [0.3, 0.4) is 0 Å². The predicted molar refractivity (Wildman–Crippen MR) is 116 cm³/mol. The van der Waals surface area contributed by atoms with Gasteiger partial charge in [0.1, 0.15) is 6.04 Å². The molecule has 0 aromatic heterocycles. The fraction of sp³-hybridized carbons (Fsp3) is 0.318. The van der Waals surface area contributed by atoms with Gasteiger partial charge in [0.05, 0.1) is 4.92 Å². The van der Waals surface area contributed by atoms with E-state index in [-0.39, 0.29) is 23.6 Å². The molecule has 10 heteroatoms. The highest BCUT2D eigenvalue weighted by atomic mass is 16.6. The molecule has 2 aromatic rings. The number of unbranched alkanes of at least 4 members (excludes halogenated alkanes) is 2. The first kappa shape index (κ1) is 24.5. The minimum Gasteiger partial charge on any atom is -0.350 e. The zero-order valence-electron chi connectivity index (χ0n) is 17.5. The lowest BCUT2D eigenvalue weighted by Gasteiger charge is -2.19. The molecular weight excluding hydrogens is 416 g/mol. The zero-order valence-corrected chi connectivity index (χ0v) is 17.5. The van der Waals surface area contributed by atoms with Crippen molar-refractivity contribution in [2.75, 3.05) is 0 Å². The third-order valence-electron chi connectivity index (χ3n) is 4.79. The third kappa shape index (κ3) is 8.15. The average molecular weight is 442 g/mol. The van der Waals surface area contributed by atoms with Gasteiger partial charge in [-0.15, -0.1) is 0 Å². The fourth-order valence-corrected chi connectivity index (χ4v) is 3.02. The summed E-state index contributed by atoms with van der Waals surface area (Å²) in [5.74, 6) is -1.34. The summed E-state index contributed by atoms with van der Waals surface area (Å²) in [5, 5.41) is 24.8. The van der Waals surface area contributed by atoms with Gasteiger partial charge >= 0.3 is 0 Å². The molecule has 0 saturated carbocycles. The van der Waals surface area contributed by atoms with E-state index in [4.69, 9.17) is 5.21 Å². The Morgan fingerprint density at radius 2 is 1.66 bits per heavy atom. The number of hydroxylamine groups is 1. The number of nitrogens with zero attached hydrogens (tertiary/aromatic N) is 1. The van der Waals surface area contributed by atoms with Gasteiger partial charge in [0.2, 0.25) is 11.8 Å². The lowest BCUT2D eigenvalue weighted by molar-refractivity contribution is -0.384. The first-order valence-electron chi connectivity index (χ1n) is 10.2. The Kier molecular flexibility index (Phi) is 9.79. The van der Waals surface area contributed by atoms with Crippen LogP contribution in [-0.2, 0) is 16.1 Å². The molecule has 32 heavy (non-hydrogen) atoms. The van der Waals surface area contributed by atoms with Gasteiger partial charge in [-0.2, -0.15) is 0 Å². The molecular formula is C22H26N4O6. The van der Waals surface area contributed by atoms with Crippen LogP contribution in [0.4, 0.5) is 5.69 Å². The van der Waals surface area contributed by atoms with Crippen LogP contribution in [0.25, 0.3) is 0 Å². The number of amides is 3. The molecule has 1 unspecified atom stereocenters. The SMILES string of the molecule is O=C(CCCCCC(NC(=O)c1ccc([N+](=O)[O-])cc1)C(=O)NCc1ccccc1)NO. The van der Waals surface area contributed by atoms with E-state index in [0.717, 1.165) is 5.56 Å². The highest BCUT2D eigenvalue weighted by Gasteiger charge is 2.21.